The molecule has 5 rings (SSSR count). The first-order valence-corrected chi connectivity index (χ1v) is 13.5. The summed E-state index contributed by atoms with van der Waals surface area (Å²) in [5.41, 5.74) is 3.06. The second-order valence-corrected chi connectivity index (χ2v) is 10.2. The first kappa shape index (κ1) is 28.4. The second kappa shape index (κ2) is 11.7. The number of hydrogen-bond donors (Lipinski definition) is 2. The molecule has 2 aliphatic rings. The third-order valence-electron chi connectivity index (χ3n) is 7.86. The minimum atomic E-state index is -1.07. The first-order chi connectivity index (χ1) is 19.7. The summed E-state index contributed by atoms with van der Waals surface area (Å²) in [5, 5.41) is 13.4. The number of aliphatic carboxylic acids is 1. The number of rotatable bonds is 9. The van der Waals surface area contributed by atoms with Gasteiger partial charge in [0.2, 0.25) is 18.4 Å². The number of carbonyl (C=O) groups excluding carboxylic acids is 1. The van der Waals surface area contributed by atoms with Gasteiger partial charge in [0, 0.05) is 24.2 Å². The number of anilines is 1. The highest BCUT2D eigenvalue weighted by molar-refractivity contribution is 5.94. The van der Waals surface area contributed by atoms with E-state index in [4.69, 9.17) is 14.2 Å². The third-order valence-corrected chi connectivity index (χ3v) is 7.86. The summed E-state index contributed by atoms with van der Waals surface area (Å²) < 4.78 is 44.9. The van der Waals surface area contributed by atoms with Crippen LogP contribution < -0.4 is 19.5 Å². The maximum Gasteiger partial charge on any atom is 0.309 e. The Bertz CT molecular complexity index is 1440. The summed E-state index contributed by atoms with van der Waals surface area (Å²) in [6.45, 7) is 3.69. The Balaban J connectivity index is 1.51. The summed E-state index contributed by atoms with van der Waals surface area (Å²) in [6.07, 6.45) is 1.05. The summed E-state index contributed by atoms with van der Waals surface area (Å²) in [4.78, 5) is 28.1. The van der Waals surface area contributed by atoms with E-state index in [1.807, 2.05) is 13.8 Å². The molecule has 0 aromatic heterocycles. The molecular weight excluding hydrogens is 534 g/mol. The van der Waals surface area contributed by atoms with Gasteiger partial charge in [-0.25, -0.2) is 8.78 Å². The van der Waals surface area contributed by atoms with Crippen molar-refractivity contribution < 1.29 is 37.7 Å². The Morgan fingerprint density at radius 1 is 1.02 bits per heavy atom. The number of methoxy groups -OCH3 is 1. The molecule has 3 atom stereocenters. The van der Waals surface area contributed by atoms with Crippen molar-refractivity contribution in [3.63, 3.8) is 0 Å². The van der Waals surface area contributed by atoms with Crippen molar-refractivity contribution in [1.82, 2.24) is 4.90 Å². The van der Waals surface area contributed by atoms with Crippen molar-refractivity contribution in [3.8, 4) is 17.2 Å². The van der Waals surface area contributed by atoms with Crippen LogP contribution in [0, 0.1) is 17.6 Å². The van der Waals surface area contributed by atoms with Gasteiger partial charge >= 0.3 is 5.97 Å². The molecule has 1 fully saturated rings. The van der Waals surface area contributed by atoms with E-state index in [1.54, 1.807) is 35.2 Å². The number of likely N-dealkylation sites (tertiary alicyclic amines) is 1. The molecule has 41 heavy (non-hydrogen) atoms. The Labute approximate surface area is 236 Å². The van der Waals surface area contributed by atoms with E-state index in [1.165, 1.54) is 25.3 Å². The first-order valence-electron chi connectivity index (χ1n) is 13.5. The van der Waals surface area contributed by atoms with E-state index in [9.17, 15) is 23.5 Å². The van der Waals surface area contributed by atoms with Crippen molar-refractivity contribution in [1.29, 1.82) is 0 Å². The molecule has 10 heteroatoms. The summed E-state index contributed by atoms with van der Waals surface area (Å²) in [5.74, 6) is -3.26. The van der Waals surface area contributed by atoms with E-state index in [0.717, 1.165) is 0 Å². The molecule has 2 heterocycles. The van der Waals surface area contributed by atoms with Crippen LogP contribution in [0.3, 0.4) is 0 Å². The molecule has 3 aromatic carbocycles. The lowest BCUT2D eigenvalue weighted by atomic mass is 9.82. The van der Waals surface area contributed by atoms with Crippen molar-refractivity contribution in [2.24, 2.45) is 5.92 Å². The van der Waals surface area contributed by atoms with Gasteiger partial charge in [-0.2, -0.15) is 0 Å². The van der Waals surface area contributed by atoms with Crippen LogP contribution in [-0.2, 0) is 22.4 Å². The molecular formula is C31H32F2N2O6. The van der Waals surface area contributed by atoms with Crippen LogP contribution in [0.4, 0.5) is 14.5 Å². The number of nitrogens with zero attached hydrogens (tertiary/aromatic N) is 1. The molecule has 0 bridgehead atoms. The van der Waals surface area contributed by atoms with Crippen LogP contribution in [-0.4, -0.2) is 48.9 Å². The fourth-order valence-electron chi connectivity index (χ4n) is 5.94. The molecule has 1 unspecified atom stereocenters. The SMILES string of the molecule is CCc1cc(F)cc(CC)c1NC(=O)CN1C[C@H](c2cc(F)c3c(c2)OCO3)C(C(=O)O)[C@@H]1c1ccc(OC)cc1. The molecule has 0 aliphatic carbocycles. The highest BCUT2D eigenvalue weighted by atomic mass is 19.1. The second-order valence-electron chi connectivity index (χ2n) is 10.2. The third kappa shape index (κ3) is 5.56. The fourth-order valence-corrected chi connectivity index (χ4v) is 5.94. The zero-order chi connectivity index (χ0) is 29.3. The molecule has 216 valence electrons. The van der Waals surface area contributed by atoms with Crippen LogP contribution in [0.1, 0.15) is 48.1 Å². The minimum Gasteiger partial charge on any atom is -0.497 e. The van der Waals surface area contributed by atoms with Crippen LogP contribution in [0.5, 0.6) is 17.2 Å². The lowest BCUT2D eigenvalue weighted by molar-refractivity contribution is -0.143. The molecule has 1 amide bonds. The van der Waals surface area contributed by atoms with Gasteiger partial charge < -0.3 is 24.6 Å². The number of carbonyl (C=O) groups is 2. The number of nitrogens with one attached hydrogen (secondary N) is 1. The molecule has 0 radical (unpaired) electrons. The topological polar surface area (TPSA) is 97.3 Å². The fraction of sp³-hybridized carbons (Fsp3) is 0.355. The predicted molar refractivity (Wildman–Crippen MR) is 147 cm³/mol. The molecule has 2 N–H and O–H groups in total. The Hall–Kier alpha value is -4.18. The van der Waals surface area contributed by atoms with E-state index in [0.29, 0.717) is 46.5 Å². The molecule has 0 saturated carbocycles. The van der Waals surface area contributed by atoms with Gasteiger partial charge in [-0.3, -0.25) is 14.5 Å². The smallest absolute Gasteiger partial charge is 0.309 e. The van der Waals surface area contributed by atoms with E-state index in [2.05, 4.69) is 5.32 Å². The van der Waals surface area contributed by atoms with Crippen LogP contribution in [0.2, 0.25) is 0 Å². The highest BCUT2D eigenvalue weighted by Crippen LogP contribution is 2.48. The maximum absolute atomic E-state index is 14.9. The molecule has 2 aliphatic heterocycles. The monoisotopic (exact) mass is 566 g/mol. The minimum absolute atomic E-state index is 0.000634. The lowest BCUT2D eigenvalue weighted by Gasteiger charge is -2.27. The number of benzene rings is 3. The Morgan fingerprint density at radius 3 is 2.32 bits per heavy atom. The van der Waals surface area contributed by atoms with Crippen molar-refractivity contribution >= 4 is 17.6 Å². The van der Waals surface area contributed by atoms with Crippen molar-refractivity contribution in [2.75, 3.05) is 32.3 Å². The number of aryl methyl sites for hydroxylation is 2. The van der Waals surface area contributed by atoms with Gasteiger partial charge in [-0.1, -0.05) is 26.0 Å². The summed E-state index contributed by atoms with van der Waals surface area (Å²) in [7, 11) is 1.54. The normalized spacial score (nSPS) is 19.8. The Kier molecular flexibility index (Phi) is 8.12. The van der Waals surface area contributed by atoms with Crippen molar-refractivity contribution in [3.05, 3.63) is 82.4 Å². The van der Waals surface area contributed by atoms with Crippen LogP contribution in [0.25, 0.3) is 0 Å². The van der Waals surface area contributed by atoms with Gasteiger partial charge in [0.05, 0.1) is 19.6 Å². The van der Waals surface area contributed by atoms with E-state index in [-0.39, 0.29) is 43.1 Å². The highest BCUT2D eigenvalue weighted by Gasteiger charge is 2.48. The largest absolute Gasteiger partial charge is 0.497 e. The average Bonchev–Trinajstić information content (AvgIpc) is 3.59. The van der Waals surface area contributed by atoms with E-state index >= 15 is 0 Å². The zero-order valence-corrected chi connectivity index (χ0v) is 23.1. The molecule has 0 spiro atoms. The summed E-state index contributed by atoms with van der Waals surface area (Å²) in [6, 6.07) is 12.0. The molecule has 3 aromatic rings. The maximum atomic E-state index is 14.9. The molecule has 8 nitrogen and oxygen atoms in total. The lowest BCUT2D eigenvalue weighted by Crippen LogP contribution is -2.35. The number of hydrogen-bond acceptors (Lipinski definition) is 6. The number of fused-ring (bicyclic) bond motifs is 1. The van der Waals surface area contributed by atoms with Gasteiger partial charge in [-0.05, 0) is 71.5 Å². The van der Waals surface area contributed by atoms with Gasteiger partial charge in [0.15, 0.2) is 11.6 Å². The van der Waals surface area contributed by atoms with Gasteiger partial charge in [0.25, 0.3) is 0 Å². The van der Waals surface area contributed by atoms with E-state index < -0.39 is 29.7 Å². The predicted octanol–water partition coefficient (Wildman–Crippen LogP) is 5.31. The average molecular weight is 567 g/mol. The van der Waals surface area contributed by atoms with Gasteiger partial charge in [0.1, 0.15) is 11.6 Å². The van der Waals surface area contributed by atoms with Crippen molar-refractivity contribution in [2.45, 2.75) is 38.6 Å². The molecule has 1 saturated heterocycles. The van der Waals surface area contributed by atoms with Crippen LogP contribution in [0.15, 0.2) is 48.5 Å². The number of amides is 1. The quantitative estimate of drug-likeness (QED) is 0.363. The standard InChI is InChI=1S/C31H32F2N2O6/c1-4-17-10-21(32)11-18(5-2)28(17)34-26(36)15-35-14-23(20-12-24(33)30-25(13-20)40-16-41-30)27(31(37)38)29(35)19-6-8-22(39-3)9-7-19/h6-13,23,27,29H,4-5,14-16H2,1-3H3,(H,34,36)(H,37,38)/t23-,27?,29+/m1/s1. The number of halogens is 2. The van der Waals surface area contributed by atoms with Gasteiger partial charge in [-0.15, -0.1) is 0 Å². The Morgan fingerprint density at radius 2 is 1.71 bits per heavy atom. The zero-order valence-electron chi connectivity index (χ0n) is 23.1. The number of ether oxygens (including phenoxy) is 3. The number of carboxylic acids is 1. The number of carboxylic acid groups (broad SMARTS) is 1. The van der Waals surface area contributed by atoms with Crippen LogP contribution >= 0.6 is 0 Å². The summed E-state index contributed by atoms with van der Waals surface area (Å²) >= 11 is 0.